The molecule has 4 nitrogen and oxygen atoms in total. The zero-order chi connectivity index (χ0) is 19.1. The van der Waals surface area contributed by atoms with E-state index in [-0.39, 0.29) is 5.91 Å². The average Bonchev–Trinajstić information content (AvgIpc) is 3.05. The molecule has 2 N–H and O–H groups in total. The molecule has 3 rings (SSSR count). The van der Waals surface area contributed by atoms with E-state index >= 15 is 0 Å². The number of thiazole rings is 1. The van der Waals surface area contributed by atoms with Crippen LogP contribution in [-0.2, 0) is 12.8 Å². The molecule has 0 spiro atoms. The van der Waals surface area contributed by atoms with Crippen molar-refractivity contribution in [3.8, 4) is 0 Å². The second kappa shape index (κ2) is 9.53. The first-order valence-electron chi connectivity index (χ1n) is 8.89. The molecule has 0 bridgehead atoms. The van der Waals surface area contributed by atoms with E-state index in [1.54, 1.807) is 0 Å². The number of nitrogens with zero attached hydrogens (tertiary/aromatic N) is 1. The molecule has 1 heterocycles. The second-order valence-corrected chi connectivity index (χ2v) is 7.66. The van der Waals surface area contributed by atoms with Crippen LogP contribution in [0.4, 0.5) is 5.13 Å². The summed E-state index contributed by atoms with van der Waals surface area (Å²) in [4.78, 5) is 17.6. The number of aromatic nitrogens is 1. The molecule has 0 aliphatic rings. The Kier molecular flexibility index (Phi) is 6.85. The van der Waals surface area contributed by atoms with E-state index in [1.165, 1.54) is 16.9 Å². The van der Waals surface area contributed by atoms with E-state index < -0.39 is 0 Å². The second-order valence-electron chi connectivity index (χ2n) is 6.23. The largest absolute Gasteiger partial charge is 0.361 e. The van der Waals surface area contributed by atoms with Crippen LogP contribution in [0, 0.1) is 6.92 Å². The van der Waals surface area contributed by atoms with Crippen LogP contribution in [0.15, 0.2) is 54.6 Å². The number of amides is 1. The number of halogens is 1. The number of carbonyl (C=O) groups is 1. The number of carbonyl (C=O) groups excluding carboxylic acids is 1. The molecule has 1 amide bonds. The van der Waals surface area contributed by atoms with Gasteiger partial charge in [0.2, 0.25) is 0 Å². The van der Waals surface area contributed by atoms with E-state index in [9.17, 15) is 4.79 Å². The molecule has 0 saturated carbocycles. The molecule has 0 unspecified atom stereocenters. The summed E-state index contributed by atoms with van der Waals surface area (Å²) < 4.78 is 0. The Morgan fingerprint density at radius 2 is 1.67 bits per heavy atom. The van der Waals surface area contributed by atoms with Gasteiger partial charge in [-0.2, -0.15) is 0 Å². The lowest BCUT2D eigenvalue weighted by Crippen LogP contribution is -2.25. The molecule has 140 valence electrons. The number of benzene rings is 2. The van der Waals surface area contributed by atoms with E-state index in [2.05, 4.69) is 27.8 Å². The van der Waals surface area contributed by atoms with Crippen molar-refractivity contribution in [1.29, 1.82) is 0 Å². The molecule has 2 aromatic carbocycles. The average molecular weight is 400 g/mol. The highest BCUT2D eigenvalue weighted by Crippen LogP contribution is 2.22. The predicted molar refractivity (Wildman–Crippen MR) is 113 cm³/mol. The summed E-state index contributed by atoms with van der Waals surface area (Å²) in [6.07, 6.45) is 1.69. The van der Waals surface area contributed by atoms with Crippen LogP contribution < -0.4 is 10.6 Å². The summed E-state index contributed by atoms with van der Waals surface area (Å²) in [6, 6.07) is 18.0. The fourth-order valence-electron chi connectivity index (χ4n) is 2.69. The van der Waals surface area contributed by atoms with Crippen LogP contribution in [0.25, 0.3) is 0 Å². The lowest BCUT2D eigenvalue weighted by molar-refractivity contribution is 0.0957. The van der Waals surface area contributed by atoms with Gasteiger partial charge in [0.1, 0.15) is 4.88 Å². The Bertz CT molecular complexity index is 878. The highest BCUT2D eigenvalue weighted by Gasteiger charge is 2.14. The lowest BCUT2D eigenvalue weighted by atomic mass is 10.1. The number of aryl methyl sites for hydroxylation is 1. The maximum Gasteiger partial charge on any atom is 0.263 e. The molecule has 0 radical (unpaired) electrons. The minimum absolute atomic E-state index is 0.0740. The third-order valence-corrected chi connectivity index (χ3v) is 5.51. The lowest BCUT2D eigenvalue weighted by Gasteiger charge is -2.04. The number of nitrogens with one attached hydrogen (secondary N) is 2. The van der Waals surface area contributed by atoms with Crippen molar-refractivity contribution in [1.82, 2.24) is 10.3 Å². The molecule has 0 saturated heterocycles. The molecule has 0 fully saturated rings. The van der Waals surface area contributed by atoms with Crippen LogP contribution in [0.2, 0.25) is 5.02 Å². The number of rotatable bonds is 8. The van der Waals surface area contributed by atoms with Crippen LogP contribution in [-0.4, -0.2) is 24.0 Å². The van der Waals surface area contributed by atoms with Crippen molar-refractivity contribution in [3.63, 3.8) is 0 Å². The van der Waals surface area contributed by atoms with Crippen molar-refractivity contribution in [2.24, 2.45) is 0 Å². The van der Waals surface area contributed by atoms with Crippen molar-refractivity contribution in [3.05, 3.63) is 81.3 Å². The topological polar surface area (TPSA) is 54.0 Å². The summed E-state index contributed by atoms with van der Waals surface area (Å²) in [5, 5.41) is 7.78. The van der Waals surface area contributed by atoms with Crippen molar-refractivity contribution in [2.45, 2.75) is 19.8 Å². The fourth-order valence-corrected chi connectivity index (χ4v) is 3.73. The third kappa shape index (κ3) is 5.81. The van der Waals surface area contributed by atoms with Gasteiger partial charge in [-0.1, -0.05) is 65.4 Å². The molecular weight excluding hydrogens is 378 g/mol. The Hall–Kier alpha value is -2.37. The van der Waals surface area contributed by atoms with Crippen molar-refractivity contribution >= 4 is 34.0 Å². The number of hydrogen-bond acceptors (Lipinski definition) is 4. The molecule has 1 aromatic heterocycles. The Morgan fingerprint density at radius 1 is 1.00 bits per heavy atom. The molecule has 27 heavy (non-hydrogen) atoms. The zero-order valence-corrected chi connectivity index (χ0v) is 16.7. The third-order valence-electron chi connectivity index (χ3n) is 4.15. The van der Waals surface area contributed by atoms with Gasteiger partial charge in [0.15, 0.2) is 5.13 Å². The van der Waals surface area contributed by atoms with Gasteiger partial charge in [0.25, 0.3) is 5.91 Å². The maximum absolute atomic E-state index is 12.4. The SMILES string of the molecule is Cc1nc(NCCc2ccccc2)sc1C(=O)NCCc1ccc(Cl)cc1. The van der Waals surface area contributed by atoms with Gasteiger partial charge in [0, 0.05) is 18.1 Å². The smallest absolute Gasteiger partial charge is 0.263 e. The van der Waals surface area contributed by atoms with Gasteiger partial charge in [-0.3, -0.25) is 4.79 Å². The summed E-state index contributed by atoms with van der Waals surface area (Å²) in [5.74, 6) is -0.0740. The highest BCUT2D eigenvalue weighted by atomic mass is 35.5. The van der Waals surface area contributed by atoms with E-state index in [0.717, 1.165) is 40.8 Å². The zero-order valence-electron chi connectivity index (χ0n) is 15.2. The first-order chi connectivity index (χ1) is 13.1. The molecule has 3 aromatic rings. The van der Waals surface area contributed by atoms with Gasteiger partial charge in [-0.25, -0.2) is 4.98 Å². The Balaban J connectivity index is 1.47. The van der Waals surface area contributed by atoms with Gasteiger partial charge in [-0.15, -0.1) is 0 Å². The number of anilines is 1. The van der Waals surface area contributed by atoms with Gasteiger partial charge < -0.3 is 10.6 Å². The van der Waals surface area contributed by atoms with Crippen LogP contribution >= 0.6 is 22.9 Å². The Labute approximate surface area is 168 Å². The Morgan fingerprint density at radius 3 is 2.41 bits per heavy atom. The minimum atomic E-state index is -0.0740. The summed E-state index contributed by atoms with van der Waals surface area (Å²) in [7, 11) is 0. The first-order valence-corrected chi connectivity index (χ1v) is 10.1. The van der Waals surface area contributed by atoms with Crippen LogP contribution in [0.1, 0.15) is 26.5 Å². The molecule has 0 atom stereocenters. The summed E-state index contributed by atoms with van der Waals surface area (Å²) in [5.41, 5.74) is 3.17. The van der Waals surface area contributed by atoms with Gasteiger partial charge >= 0.3 is 0 Å². The summed E-state index contributed by atoms with van der Waals surface area (Å²) in [6.45, 7) is 3.23. The molecule has 0 aliphatic heterocycles. The van der Waals surface area contributed by atoms with E-state index in [4.69, 9.17) is 11.6 Å². The van der Waals surface area contributed by atoms with E-state index in [1.807, 2.05) is 49.4 Å². The fraction of sp³-hybridized carbons (Fsp3) is 0.238. The molecular formula is C21H22ClN3OS. The quantitative estimate of drug-likeness (QED) is 0.575. The maximum atomic E-state index is 12.4. The number of hydrogen-bond donors (Lipinski definition) is 2. The minimum Gasteiger partial charge on any atom is -0.361 e. The van der Waals surface area contributed by atoms with Gasteiger partial charge in [-0.05, 0) is 43.0 Å². The summed E-state index contributed by atoms with van der Waals surface area (Å²) >= 11 is 7.28. The normalized spacial score (nSPS) is 10.6. The van der Waals surface area contributed by atoms with Crippen molar-refractivity contribution < 1.29 is 4.79 Å². The van der Waals surface area contributed by atoms with Crippen molar-refractivity contribution in [2.75, 3.05) is 18.4 Å². The van der Waals surface area contributed by atoms with Crippen LogP contribution in [0.5, 0.6) is 0 Å². The standard InChI is InChI=1S/C21H22ClN3OS/c1-15-19(20(26)23-13-11-17-7-9-18(22)10-8-17)27-21(25-15)24-14-12-16-5-3-2-4-6-16/h2-10H,11-14H2,1H3,(H,23,26)(H,24,25). The monoisotopic (exact) mass is 399 g/mol. The molecule has 0 aliphatic carbocycles. The van der Waals surface area contributed by atoms with Gasteiger partial charge in [0.05, 0.1) is 5.69 Å². The molecule has 6 heteroatoms. The predicted octanol–water partition coefficient (Wildman–Crippen LogP) is 4.73. The first kappa shape index (κ1) is 19.4. The highest BCUT2D eigenvalue weighted by molar-refractivity contribution is 7.17. The van der Waals surface area contributed by atoms with Crippen LogP contribution in [0.3, 0.4) is 0 Å². The van der Waals surface area contributed by atoms with E-state index in [0.29, 0.717) is 11.4 Å².